The van der Waals surface area contributed by atoms with E-state index in [4.69, 9.17) is 14.2 Å². The fourth-order valence-corrected chi connectivity index (χ4v) is 4.90. The number of methoxy groups -OCH3 is 2. The van der Waals surface area contributed by atoms with Crippen molar-refractivity contribution in [3.63, 3.8) is 0 Å². The van der Waals surface area contributed by atoms with E-state index in [-0.39, 0.29) is 18.3 Å². The first-order chi connectivity index (χ1) is 15.3. The third kappa shape index (κ3) is 5.93. The van der Waals surface area contributed by atoms with Crippen molar-refractivity contribution in [3.05, 3.63) is 85.8 Å². The van der Waals surface area contributed by atoms with Crippen molar-refractivity contribution in [1.29, 1.82) is 0 Å². The summed E-state index contributed by atoms with van der Waals surface area (Å²) < 4.78 is 18.4. The molecule has 0 amide bonds. The molecule has 0 fully saturated rings. The summed E-state index contributed by atoms with van der Waals surface area (Å²) in [6, 6.07) is 18.1. The third-order valence-electron chi connectivity index (χ3n) is 5.12. The highest BCUT2D eigenvalue weighted by molar-refractivity contribution is 9.11. The van der Waals surface area contributed by atoms with Crippen molar-refractivity contribution in [3.8, 4) is 17.2 Å². The van der Waals surface area contributed by atoms with E-state index in [0.29, 0.717) is 12.2 Å². The molecule has 3 aromatic rings. The molecule has 0 aliphatic carbocycles. The van der Waals surface area contributed by atoms with Gasteiger partial charge in [0.2, 0.25) is 0 Å². The second-order valence-corrected chi connectivity index (χ2v) is 9.47. The summed E-state index contributed by atoms with van der Waals surface area (Å²) in [5.74, 6) is 2.24. The van der Waals surface area contributed by atoms with Gasteiger partial charge in [0.05, 0.1) is 29.6 Å². The topological polar surface area (TPSA) is 44.8 Å². The third-order valence-corrected chi connectivity index (χ3v) is 6.30. The van der Waals surface area contributed by atoms with Crippen LogP contribution in [0, 0.1) is 0 Å². The SMILES string of the molecule is COC(=O)Cc1cc(Br)c(Oc2cc(C(C)C)c(OC)cc2Cc2ccccc2)c(Br)c1. The molecule has 0 saturated heterocycles. The first-order valence-corrected chi connectivity index (χ1v) is 11.9. The molecule has 0 aliphatic heterocycles. The molecular weight excluding hydrogens is 536 g/mol. The molecule has 0 N–H and O–H groups in total. The van der Waals surface area contributed by atoms with E-state index < -0.39 is 0 Å². The van der Waals surface area contributed by atoms with Crippen LogP contribution in [0.25, 0.3) is 0 Å². The Morgan fingerprint density at radius 3 is 2.12 bits per heavy atom. The summed E-state index contributed by atoms with van der Waals surface area (Å²) in [6.07, 6.45) is 0.897. The molecule has 3 aromatic carbocycles. The number of benzene rings is 3. The highest BCUT2D eigenvalue weighted by Gasteiger charge is 2.18. The number of carbonyl (C=O) groups is 1. The maximum atomic E-state index is 11.7. The lowest BCUT2D eigenvalue weighted by Crippen LogP contribution is -2.05. The van der Waals surface area contributed by atoms with Crippen molar-refractivity contribution < 1.29 is 19.0 Å². The van der Waals surface area contributed by atoms with Gasteiger partial charge in [-0.3, -0.25) is 4.79 Å². The Kier molecular flexibility index (Phi) is 8.38. The normalized spacial score (nSPS) is 10.8. The van der Waals surface area contributed by atoms with E-state index in [0.717, 1.165) is 37.1 Å². The average molecular weight is 562 g/mol. The van der Waals surface area contributed by atoms with Crippen LogP contribution in [0.3, 0.4) is 0 Å². The van der Waals surface area contributed by atoms with Gasteiger partial charge in [0.25, 0.3) is 0 Å². The quantitative estimate of drug-likeness (QED) is 0.268. The second-order valence-electron chi connectivity index (χ2n) is 7.76. The van der Waals surface area contributed by atoms with Crippen LogP contribution in [0.1, 0.15) is 42.0 Å². The minimum atomic E-state index is -0.292. The zero-order valence-electron chi connectivity index (χ0n) is 18.6. The van der Waals surface area contributed by atoms with Gasteiger partial charge in [0.15, 0.2) is 5.75 Å². The van der Waals surface area contributed by atoms with Crippen molar-refractivity contribution >= 4 is 37.8 Å². The minimum absolute atomic E-state index is 0.188. The van der Waals surface area contributed by atoms with E-state index in [1.54, 1.807) is 7.11 Å². The number of ether oxygens (including phenoxy) is 3. The molecular formula is C26H26Br2O4. The summed E-state index contributed by atoms with van der Waals surface area (Å²) >= 11 is 7.20. The lowest BCUT2D eigenvalue weighted by molar-refractivity contribution is -0.139. The number of hydrogen-bond donors (Lipinski definition) is 0. The molecule has 3 rings (SSSR count). The molecule has 0 atom stereocenters. The van der Waals surface area contributed by atoms with E-state index >= 15 is 0 Å². The van der Waals surface area contributed by atoms with Crippen LogP contribution in [-0.4, -0.2) is 20.2 Å². The molecule has 0 bridgehead atoms. The Hall–Kier alpha value is -2.31. The first kappa shape index (κ1) is 24.3. The Bertz CT molecular complexity index is 1070. The Balaban J connectivity index is 2.04. The van der Waals surface area contributed by atoms with Crippen molar-refractivity contribution in [2.45, 2.75) is 32.6 Å². The van der Waals surface area contributed by atoms with Gasteiger partial charge in [0, 0.05) is 17.5 Å². The van der Waals surface area contributed by atoms with Gasteiger partial charge < -0.3 is 14.2 Å². The average Bonchev–Trinajstić information content (AvgIpc) is 2.77. The molecule has 0 spiro atoms. The molecule has 6 heteroatoms. The largest absolute Gasteiger partial charge is 0.496 e. The fourth-order valence-electron chi connectivity index (χ4n) is 3.46. The van der Waals surface area contributed by atoms with Crippen molar-refractivity contribution in [1.82, 2.24) is 0 Å². The fraction of sp³-hybridized carbons (Fsp3) is 0.269. The number of hydrogen-bond acceptors (Lipinski definition) is 4. The molecule has 168 valence electrons. The van der Waals surface area contributed by atoms with E-state index in [2.05, 4.69) is 70.0 Å². The molecule has 4 nitrogen and oxygen atoms in total. The second kappa shape index (κ2) is 11.0. The Labute approximate surface area is 206 Å². The van der Waals surface area contributed by atoms with E-state index in [1.807, 2.05) is 30.3 Å². The summed E-state index contributed by atoms with van der Waals surface area (Å²) in [5, 5.41) is 0. The van der Waals surface area contributed by atoms with Crippen molar-refractivity contribution in [2.24, 2.45) is 0 Å². The Morgan fingerprint density at radius 2 is 1.56 bits per heavy atom. The summed E-state index contributed by atoms with van der Waals surface area (Å²) in [7, 11) is 3.08. The molecule has 0 unspecified atom stereocenters. The van der Waals surface area contributed by atoms with E-state index in [9.17, 15) is 4.79 Å². The monoisotopic (exact) mass is 560 g/mol. The maximum absolute atomic E-state index is 11.7. The van der Waals surface area contributed by atoms with Crippen LogP contribution in [0.4, 0.5) is 0 Å². The van der Waals surface area contributed by atoms with Crippen LogP contribution >= 0.6 is 31.9 Å². The predicted octanol–water partition coefficient (Wildman–Crippen LogP) is 7.44. The van der Waals surface area contributed by atoms with Crippen LogP contribution in [0.15, 0.2) is 63.5 Å². The zero-order chi connectivity index (χ0) is 23.3. The van der Waals surface area contributed by atoms with Crippen molar-refractivity contribution in [2.75, 3.05) is 14.2 Å². The molecule has 0 radical (unpaired) electrons. The summed E-state index contributed by atoms with van der Waals surface area (Å²) in [5.41, 5.74) is 4.11. The summed E-state index contributed by atoms with van der Waals surface area (Å²) in [6.45, 7) is 4.26. The van der Waals surface area contributed by atoms with E-state index in [1.165, 1.54) is 12.7 Å². The van der Waals surface area contributed by atoms with Crippen LogP contribution in [0.2, 0.25) is 0 Å². The van der Waals surface area contributed by atoms with Gasteiger partial charge in [-0.1, -0.05) is 44.2 Å². The first-order valence-electron chi connectivity index (χ1n) is 10.3. The number of rotatable bonds is 8. The van der Waals surface area contributed by atoms with Crippen LogP contribution in [-0.2, 0) is 22.4 Å². The number of carbonyl (C=O) groups excluding carboxylic acids is 1. The molecule has 0 saturated carbocycles. The van der Waals surface area contributed by atoms with Gasteiger partial charge in [-0.2, -0.15) is 0 Å². The predicted molar refractivity (Wildman–Crippen MR) is 134 cm³/mol. The minimum Gasteiger partial charge on any atom is -0.496 e. The lowest BCUT2D eigenvalue weighted by atomic mass is 9.96. The van der Waals surface area contributed by atoms with Crippen LogP contribution < -0.4 is 9.47 Å². The van der Waals surface area contributed by atoms with Gasteiger partial charge in [-0.05, 0) is 73.2 Å². The standard InChI is InChI=1S/C26H26Br2O4/c1-16(2)20-15-23(19(14-24(20)30-3)10-17-8-6-5-7-9-17)32-26-21(27)11-18(12-22(26)28)13-25(29)31-4/h5-9,11-12,14-16H,10,13H2,1-4H3. The summed E-state index contributed by atoms with van der Waals surface area (Å²) in [4.78, 5) is 11.7. The van der Waals surface area contributed by atoms with Gasteiger partial charge in [0.1, 0.15) is 11.5 Å². The zero-order valence-corrected chi connectivity index (χ0v) is 21.7. The van der Waals surface area contributed by atoms with Gasteiger partial charge in [-0.15, -0.1) is 0 Å². The smallest absolute Gasteiger partial charge is 0.309 e. The highest BCUT2D eigenvalue weighted by Crippen LogP contribution is 2.42. The number of halogens is 2. The lowest BCUT2D eigenvalue weighted by Gasteiger charge is -2.19. The van der Waals surface area contributed by atoms with Crippen LogP contribution in [0.5, 0.6) is 17.2 Å². The van der Waals surface area contributed by atoms with Gasteiger partial charge in [-0.25, -0.2) is 0 Å². The number of esters is 1. The molecule has 0 aliphatic rings. The van der Waals surface area contributed by atoms with Gasteiger partial charge >= 0.3 is 5.97 Å². The molecule has 32 heavy (non-hydrogen) atoms. The highest BCUT2D eigenvalue weighted by atomic mass is 79.9. The Morgan fingerprint density at radius 1 is 0.906 bits per heavy atom. The maximum Gasteiger partial charge on any atom is 0.309 e. The molecule has 0 heterocycles. The molecule has 0 aromatic heterocycles.